The number of benzene rings is 2. The fraction of sp³-hybridized carbons (Fsp3) is 0.520. The molecular weight excluding hydrogens is 489 g/mol. The molecule has 0 aliphatic carbocycles. The van der Waals surface area contributed by atoms with Crippen molar-refractivity contribution in [2.45, 2.75) is 64.8 Å². The van der Waals surface area contributed by atoms with Crippen LogP contribution in [0, 0.1) is 0 Å². The molecule has 10 heteroatoms. The second-order valence-electron chi connectivity index (χ2n) is 7.67. The van der Waals surface area contributed by atoms with Crippen molar-refractivity contribution in [3.63, 3.8) is 0 Å². The van der Waals surface area contributed by atoms with Gasteiger partial charge in [-0.3, -0.25) is 0 Å². The van der Waals surface area contributed by atoms with Crippen LogP contribution in [0.1, 0.15) is 62.0 Å². The third-order valence-electron chi connectivity index (χ3n) is 5.57. The Balaban J connectivity index is 0.00000154. The summed E-state index contributed by atoms with van der Waals surface area (Å²) in [5, 5.41) is 19.6. The van der Waals surface area contributed by atoms with E-state index in [1.54, 1.807) is 0 Å². The van der Waals surface area contributed by atoms with E-state index >= 15 is 0 Å². The van der Waals surface area contributed by atoms with Crippen molar-refractivity contribution >= 4 is 9.03 Å². The van der Waals surface area contributed by atoms with Crippen molar-refractivity contribution in [3.05, 3.63) is 58.7 Å². The molecule has 2 aromatic carbocycles. The number of rotatable bonds is 5. The molecule has 0 aromatic heterocycles. The van der Waals surface area contributed by atoms with Crippen molar-refractivity contribution in [1.82, 2.24) is 0 Å². The molecule has 2 aromatic rings. The molecule has 3 atom stereocenters. The van der Waals surface area contributed by atoms with E-state index < -0.39 is 15.1 Å². The predicted molar refractivity (Wildman–Crippen MR) is 126 cm³/mol. The van der Waals surface area contributed by atoms with Gasteiger partial charge in [0.15, 0.2) is 11.5 Å². The van der Waals surface area contributed by atoms with Crippen molar-refractivity contribution in [2.75, 3.05) is 19.8 Å². The summed E-state index contributed by atoms with van der Waals surface area (Å²) < 4.78 is 17.3. The summed E-state index contributed by atoms with van der Waals surface area (Å²) in [5.41, 5.74) is 4.78. The molecule has 35 heavy (non-hydrogen) atoms. The molecule has 1 fully saturated rings. The van der Waals surface area contributed by atoms with Crippen LogP contribution >= 0.6 is 9.03 Å². The van der Waals surface area contributed by atoms with Gasteiger partial charge in [0.1, 0.15) is 13.2 Å². The number of hydrogen-bond acceptors (Lipinski definition) is 7. The largest absolute Gasteiger partial charge is 1.00 e. The van der Waals surface area contributed by atoms with Gasteiger partial charge in [-0.1, -0.05) is 45.0 Å². The molecular formula is C25H35Na2O7P. The minimum absolute atomic E-state index is 0. The Hall–Kier alpha value is 0.270. The van der Waals surface area contributed by atoms with Crippen LogP contribution in [0.3, 0.4) is 0 Å². The van der Waals surface area contributed by atoms with E-state index in [-0.39, 0.29) is 77.9 Å². The van der Waals surface area contributed by atoms with Crippen LogP contribution in [0.2, 0.25) is 0 Å². The average molecular weight is 525 g/mol. The first-order chi connectivity index (χ1) is 16.1. The monoisotopic (exact) mass is 524 g/mol. The van der Waals surface area contributed by atoms with Crippen molar-refractivity contribution < 1.29 is 93.3 Å². The zero-order chi connectivity index (χ0) is 24.2. The maximum absolute atomic E-state index is 10.1. The van der Waals surface area contributed by atoms with E-state index in [2.05, 4.69) is 37.3 Å². The normalized spacial score (nSPS) is 20.0. The van der Waals surface area contributed by atoms with Crippen LogP contribution in [0.5, 0.6) is 11.5 Å². The summed E-state index contributed by atoms with van der Waals surface area (Å²) in [4.78, 5) is 16.8. The zero-order valence-corrected chi connectivity index (χ0v) is 26.6. The van der Waals surface area contributed by atoms with Crippen molar-refractivity contribution in [1.29, 1.82) is 0 Å². The molecule has 2 N–H and O–H groups in total. The van der Waals surface area contributed by atoms with Gasteiger partial charge in [0, 0.05) is 12.8 Å². The molecule has 4 rings (SSSR count). The molecule has 0 saturated carbocycles. The summed E-state index contributed by atoms with van der Waals surface area (Å²) in [7, 11) is -1.42. The minimum Gasteiger partial charge on any atom is -0.844 e. The van der Waals surface area contributed by atoms with Gasteiger partial charge in [-0.2, -0.15) is 0 Å². The smallest absolute Gasteiger partial charge is 0.844 e. The summed E-state index contributed by atoms with van der Waals surface area (Å²) in [6.45, 7) is 7.27. The van der Waals surface area contributed by atoms with Crippen molar-refractivity contribution in [2.24, 2.45) is 0 Å². The Bertz CT molecular complexity index is 857. The molecule has 7 nitrogen and oxygen atoms in total. The quantitative estimate of drug-likeness (QED) is 0.308. The molecule has 2 aliphatic rings. The van der Waals surface area contributed by atoms with Gasteiger partial charge in [0.05, 0.1) is 24.9 Å². The van der Waals surface area contributed by atoms with Gasteiger partial charge < -0.3 is 43.2 Å². The first kappa shape index (κ1) is 35.3. The van der Waals surface area contributed by atoms with Crippen LogP contribution in [0.15, 0.2) is 36.4 Å². The maximum Gasteiger partial charge on any atom is 1.00 e. The Morgan fingerprint density at radius 1 is 0.943 bits per heavy atom. The summed E-state index contributed by atoms with van der Waals surface area (Å²) in [6.07, 6.45) is 1.87. The number of ether oxygens (including phenoxy) is 3. The van der Waals surface area contributed by atoms with Crippen LogP contribution in [0.4, 0.5) is 0 Å². The van der Waals surface area contributed by atoms with E-state index in [0.29, 0.717) is 26.1 Å². The van der Waals surface area contributed by atoms with E-state index in [4.69, 9.17) is 24.0 Å². The number of aliphatic hydroxyl groups excluding tert-OH is 2. The first-order valence-electron chi connectivity index (χ1n) is 11.5. The third-order valence-corrected chi connectivity index (χ3v) is 5.57. The SMILES string of the molecule is CC.CCc1ccc(C2CC(O)CC(CO)O2)cc1Cc1ccc2c(c1)OCCO2.[Na+].[Na+].[O-]P[O-]. The molecule has 1 saturated heterocycles. The van der Waals surface area contributed by atoms with Gasteiger partial charge in [0.25, 0.3) is 0 Å². The Labute approximate surface area is 255 Å². The molecule has 2 aliphatic heterocycles. The number of hydrogen-bond donors (Lipinski definition) is 2. The molecule has 3 unspecified atom stereocenters. The summed E-state index contributed by atoms with van der Waals surface area (Å²) in [5.74, 6) is 1.61. The molecule has 0 amide bonds. The Kier molecular flexibility index (Phi) is 19.5. The molecule has 0 spiro atoms. The van der Waals surface area contributed by atoms with Gasteiger partial charge in [-0.15, -0.1) is 0 Å². The molecule has 0 radical (unpaired) electrons. The minimum atomic E-state index is -1.42. The predicted octanol–water partition coefficient (Wildman–Crippen LogP) is -3.57. The van der Waals surface area contributed by atoms with Crippen LogP contribution < -0.4 is 78.4 Å². The van der Waals surface area contributed by atoms with E-state index in [9.17, 15) is 10.2 Å². The first-order valence-corrected chi connectivity index (χ1v) is 12.3. The van der Waals surface area contributed by atoms with Gasteiger partial charge in [0.2, 0.25) is 0 Å². The second-order valence-corrected chi connectivity index (χ2v) is 7.84. The molecule has 184 valence electrons. The Morgan fingerprint density at radius 2 is 1.60 bits per heavy atom. The van der Waals surface area contributed by atoms with E-state index in [1.807, 2.05) is 19.9 Å². The van der Waals surface area contributed by atoms with Crippen LogP contribution in [-0.2, 0) is 17.6 Å². The van der Waals surface area contributed by atoms with E-state index in [0.717, 1.165) is 29.9 Å². The second kappa shape index (κ2) is 19.4. The fourth-order valence-electron chi connectivity index (χ4n) is 4.10. The van der Waals surface area contributed by atoms with E-state index in [1.165, 1.54) is 16.7 Å². The molecule has 0 bridgehead atoms. The topological polar surface area (TPSA) is 114 Å². The summed E-state index contributed by atoms with van der Waals surface area (Å²) in [6, 6.07) is 12.5. The van der Waals surface area contributed by atoms with Crippen LogP contribution in [0.25, 0.3) is 0 Å². The number of aliphatic hydroxyl groups is 2. The third kappa shape index (κ3) is 10.9. The summed E-state index contributed by atoms with van der Waals surface area (Å²) >= 11 is 0. The number of fused-ring (bicyclic) bond motifs is 1. The van der Waals surface area contributed by atoms with Crippen LogP contribution in [-0.4, -0.2) is 42.2 Å². The van der Waals surface area contributed by atoms with Gasteiger partial charge in [-0.05, 0) is 47.2 Å². The van der Waals surface area contributed by atoms with Gasteiger partial charge in [-0.25, -0.2) is 0 Å². The maximum atomic E-state index is 10.1. The standard InChI is InChI=1S/C23H28O5.C2H6.2Na.HO2P/c1-2-16-4-5-17(22-13-19(25)12-20(14-24)28-22)11-18(16)9-15-3-6-21-23(10-15)27-8-7-26-21;1-2;;;1-3-2/h3-6,10-11,19-20,22,24-25H,2,7-9,12-14H2,1H3;1-2H3;;;3H/q;;2*+1;-2. The molecule has 2 heterocycles. The van der Waals surface area contributed by atoms with Crippen molar-refractivity contribution in [3.8, 4) is 11.5 Å². The van der Waals surface area contributed by atoms with Gasteiger partial charge >= 0.3 is 59.1 Å². The zero-order valence-electron chi connectivity index (χ0n) is 21.6. The Morgan fingerprint density at radius 3 is 2.23 bits per heavy atom. The fourth-order valence-corrected chi connectivity index (χ4v) is 4.10. The number of aryl methyl sites for hydroxylation is 1. The average Bonchev–Trinajstić information content (AvgIpc) is 2.85.